The van der Waals surface area contributed by atoms with Gasteiger partial charge in [-0.1, -0.05) is 75.6 Å². The number of hydrazone groups is 1. The molecule has 4 aromatic carbocycles. The highest BCUT2D eigenvalue weighted by Crippen LogP contribution is 2.39. The first-order valence-corrected chi connectivity index (χ1v) is 14.3. The molecule has 0 saturated heterocycles. The second-order valence-corrected chi connectivity index (χ2v) is 11.2. The number of aryl methyl sites for hydroxylation is 1. The van der Waals surface area contributed by atoms with E-state index in [1.54, 1.807) is 49.6 Å². The lowest BCUT2D eigenvalue weighted by atomic mass is 10.0. The number of carbonyl (C=O) groups is 2. The van der Waals surface area contributed by atoms with E-state index < -0.39 is 11.9 Å². The number of carbonyl (C=O) groups excluding carboxylic acids is 2. The third kappa shape index (κ3) is 6.07. The first-order chi connectivity index (χ1) is 19.8. The number of ether oxygens (including phenoxy) is 2. The van der Waals surface area contributed by atoms with E-state index >= 15 is 0 Å². The molecule has 0 bridgehead atoms. The molecule has 0 saturated carbocycles. The zero-order chi connectivity index (χ0) is 29.1. The van der Waals surface area contributed by atoms with Gasteiger partial charge in [0.15, 0.2) is 5.75 Å². The molecule has 0 aliphatic carbocycles. The van der Waals surface area contributed by atoms with Gasteiger partial charge in [0.1, 0.15) is 11.4 Å². The molecular weight excluding hydrogens is 674 g/mol. The Morgan fingerprint density at radius 3 is 2.54 bits per heavy atom. The Morgan fingerprint density at radius 2 is 1.78 bits per heavy atom. The maximum absolute atomic E-state index is 13.5. The van der Waals surface area contributed by atoms with Crippen LogP contribution in [-0.4, -0.2) is 30.2 Å². The van der Waals surface area contributed by atoms with Crippen molar-refractivity contribution >= 4 is 72.5 Å². The molecule has 206 valence electrons. The van der Waals surface area contributed by atoms with Crippen LogP contribution in [0.4, 0.5) is 0 Å². The lowest BCUT2D eigenvalue weighted by Crippen LogP contribution is -2.19. The van der Waals surface area contributed by atoms with Crippen LogP contribution < -0.4 is 14.9 Å². The van der Waals surface area contributed by atoms with Crippen molar-refractivity contribution in [1.29, 1.82) is 0 Å². The largest absolute Gasteiger partial charge is 0.495 e. The zero-order valence-electron chi connectivity index (χ0n) is 21.8. The Kier molecular flexibility index (Phi) is 8.58. The van der Waals surface area contributed by atoms with Crippen LogP contribution in [0.1, 0.15) is 32.0 Å². The molecule has 1 aromatic heterocycles. The van der Waals surface area contributed by atoms with Crippen LogP contribution in [-0.2, 0) is 0 Å². The Bertz CT molecular complexity index is 1830. The van der Waals surface area contributed by atoms with Gasteiger partial charge in [0.2, 0.25) is 0 Å². The third-order valence-electron chi connectivity index (χ3n) is 6.24. The van der Waals surface area contributed by atoms with E-state index in [1.165, 1.54) is 6.21 Å². The van der Waals surface area contributed by atoms with E-state index in [1.807, 2.05) is 43.3 Å². The van der Waals surface area contributed by atoms with E-state index in [0.717, 1.165) is 15.4 Å². The fourth-order valence-corrected chi connectivity index (χ4v) is 5.97. The smallest absolute Gasteiger partial charge is 0.343 e. The van der Waals surface area contributed by atoms with Crippen molar-refractivity contribution in [2.75, 3.05) is 7.11 Å². The molecule has 0 unspecified atom stereocenters. The molecule has 0 aliphatic heterocycles. The summed E-state index contributed by atoms with van der Waals surface area (Å²) >= 11 is 13.4. The van der Waals surface area contributed by atoms with Gasteiger partial charge in [0, 0.05) is 31.6 Å². The minimum Gasteiger partial charge on any atom is -0.495 e. The number of hydrogen-bond donors (Lipinski definition) is 2. The van der Waals surface area contributed by atoms with Gasteiger partial charge in [0.05, 0.1) is 28.9 Å². The summed E-state index contributed by atoms with van der Waals surface area (Å²) in [6.07, 6.45) is 1.41. The van der Waals surface area contributed by atoms with Crippen LogP contribution in [0.25, 0.3) is 22.0 Å². The maximum Gasteiger partial charge on any atom is 0.343 e. The number of benzene rings is 4. The van der Waals surface area contributed by atoms with Crippen molar-refractivity contribution in [1.82, 2.24) is 10.4 Å². The average Bonchev–Trinajstić information content (AvgIpc) is 3.34. The van der Waals surface area contributed by atoms with Crippen LogP contribution in [0.15, 0.2) is 92.9 Å². The minimum atomic E-state index is -0.521. The third-order valence-corrected chi connectivity index (χ3v) is 7.62. The molecule has 0 spiro atoms. The molecule has 7 nitrogen and oxygen atoms in total. The molecule has 1 amide bonds. The number of aromatic amines is 1. The molecule has 0 atom stereocenters. The van der Waals surface area contributed by atoms with E-state index in [-0.39, 0.29) is 11.4 Å². The van der Waals surface area contributed by atoms with Gasteiger partial charge >= 0.3 is 5.97 Å². The van der Waals surface area contributed by atoms with Crippen LogP contribution in [0.2, 0.25) is 5.02 Å². The van der Waals surface area contributed by atoms with Gasteiger partial charge in [-0.3, -0.25) is 4.79 Å². The monoisotopic (exact) mass is 693 g/mol. The predicted molar refractivity (Wildman–Crippen MR) is 168 cm³/mol. The normalized spacial score (nSPS) is 11.1. The molecule has 0 fully saturated rings. The van der Waals surface area contributed by atoms with E-state index in [2.05, 4.69) is 47.4 Å². The van der Waals surface area contributed by atoms with Gasteiger partial charge in [-0.25, -0.2) is 10.2 Å². The molecule has 0 radical (unpaired) electrons. The molecule has 0 aliphatic rings. The van der Waals surface area contributed by atoms with Gasteiger partial charge in [-0.2, -0.15) is 5.10 Å². The van der Waals surface area contributed by atoms with Crippen molar-refractivity contribution in [3.8, 4) is 22.6 Å². The predicted octanol–water partition coefficient (Wildman–Crippen LogP) is 8.31. The van der Waals surface area contributed by atoms with E-state index in [9.17, 15) is 9.59 Å². The highest BCUT2D eigenvalue weighted by Gasteiger charge is 2.22. The second-order valence-electron chi connectivity index (χ2n) is 9.00. The summed E-state index contributed by atoms with van der Waals surface area (Å²) in [5, 5.41) is 5.45. The van der Waals surface area contributed by atoms with Gasteiger partial charge in [-0.05, 0) is 59.3 Å². The van der Waals surface area contributed by atoms with Crippen LogP contribution >= 0.6 is 43.5 Å². The first-order valence-electron chi connectivity index (χ1n) is 12.3. The SMILES string of the molecule is COc1cccc2c(-c3ccccc3Cl)c(C(=O)NN=Cc3cc(Br)cc(Br)c3OC(=O)c3cccc(C)c3)[nH]c12. The zero-order valence-corrected chi connectivity index (χ0v) is 25.7. The molecule has 1 heterocycles. The summed E-state index contributed by atoms with van der Waals surface area (Å²) in [7, 11) is 1.56. The van der Waals surface area contributed by atoms with Crippen LogP contribution in [0.5, 0.6) is 11.5 Å². The number of methoxy groups -OCH3 is 1. The summed E-state index contributed by atoms with van der Waals surface area (Å²) < 4.78 is 12.5. The molecule has 10 heteroatoms. The van der Waals surface area contributed by atoms with E-state index in [0.29, 0.717) is 43.0 Å². The Balaban J connectivity index is 1.48. The summed E-state index contributed by atoms with van der Waals surface area (Å²) in [6.45, 7) is 1.90. The summed E-state index contributed by atoms with van der Waals surface area (Å²) in [4.78, 5) is 29.5. The second kappa shape index (κ2) is 12.3. The highest BCUT2D eigenvalue weighted by atomic mass is 79.9. The number of amides is 1. The maximum atomic E-state index is 13.5. The molecule has 41 heavy (non-hydrogen) atoms. The fraction of sp³-hybridized carbons (Fsp3) is 0.0645. The lowest BCUT2D eigenvalue weighted by Gasteiger charge is -2.11. The Hall–Kier alpha value is -3.92. The number of nitrogens with one attached hydrogen (secondary N) is 2. The molecular formula is C31H22Br2ClN3O4. The summed E-state index contributed by atoms with van der Waals surface area (Å²) in [6, 6.07) is 23.4. The van der Waals surface area contributed by atoms with Crippen LogP contribution in [0, 0.1) is 6.92 Å². The van der Waals surface area contributed by atoms with Gasteiger partial charge < -0.3 is 14.5 Å². The van der Waals surface area contributed by atoms with Crippen molar-refractivity contribution in [3.63, 3.8) is 0 Å². The number of para-hydroxylation sites is 1. The Labute approximate surface area is 257 Å². The number of esters is 1. The van der Waals surface area contributed by atoms with Crippen molar-refractivity contribution < 1.29 is 19.1 Å². The number of aromatic nitrogens is 1. The van der Waals surface area contributed by atoms with Crippen molar-refractivity contribution in [2.24, 2.45) is 5.10 Å². The van der Waals surface area contributed by atoms with Crippen LogP contribution in [0.3, 0.4) is 0 Å². The van der Waals surface area contributed by atoms with Gasteiger partial charge in [-0.15, -0.1) is 0 Å². The lowest BCUT2D eigenvalue weighted by molar-refractivity contribution is 0.0732. The number of hydrogen-bond acceptors (Lipinski definition) is 5. The molecule has 5 rings (SSSR count). The molecule has 5 aromatic rings. The number of nitrogens with zero attached hydrogens (tertiary/aromatic N) is 1. The van der Waals surface area contributed by atoms with Crippen molar-refractivity contribution in [2.45, 2.75) is 6.92 Å². The van der Waals surface area contributed by atoms with E-state index in [4.69, 9.17) is 21.1 Å². The highest BCUT2D eigenvalue weighted by molar-refractivity contribution is 9.11. The topological polar surface area (TPSA) is 92.8 Å². The quantitative estimate of drug-likeness (QED) is 0.0776. The van der Waals surface area contributed by atoms with Gasteiger partial charge in [0.25, 0.3) is 5.91 Å². The number of rotatable bonds is 7. The molecule has 2 N–H and O–H groups in total. The number of halogens is 3. The minimum absolute atomic E-state index is 0.254. The number of fused-ring (bicyclic) bond motifs is 1. The van der Waals surface area contributed by atoms with Crippen molar-refractivity contribution in [3.05, 3.63) is 115 Å². The summed E-state index contributed by atoms with van der Waals surface area (Å²) in [5.41, 5.74) is 6.60. The standard InChI is InChI=1S/C31H22Br2ClN3O4/c1-17-7-5-8-18(13-17)31(39)41-29-19(14-20(32)15-23(29)33)16-35-37-30(38)28-26(21-9-3-4-11-24(21)34)22-10-6-12-25(40-2)27(22)36-28/h3-16,36H,1-2H3,(H,37,38). The number of H-pyrrole nitrogens is 1. The first kappa shape index (κ1) is 28.6. The Morgan fingerprint density at radius 1 is 1.00 bits per heavy atom. The fourth-order valence-electron chi connectivity index (χ4n) is 4.40. The average molecular weight is 696 g/mol. The summed E-state index contributed by atoms with van der Waals surface area (Å²) in [5.74, 6) is -0.184.